The maximum absolute atomic E-state index is 8.87. The van der Waals surface area contributed by atoms with Crippen LogP contribution >= 0.6 is 11.8 Å². The van der Waals surface area contributed by atoms with Gasteiger partial charge in [-0.2, -0.15) is 11.8 Å². The van der Waals surface area contributed by atoms with Gasteiger partial charge in [0, 0.05) is 11.7 Å². The second-order valence-electron chi connectivity index (χ2n) is 3.62. The molecule has 2 rings (SSSR count). The number of aliphatic hydroxyl groups is 1. The lowest BCUT2D eigenvalue weighted by Crippen LogP contribution is -2.27. The lowest BCUT2D eigenvalue weighted by Gasteiger charge is -2.25. The topological polar surface area (TPSA) is 38.7 Å². The highest BCUT2D eigenvalue weighted by Gasteiger charge is 2.32. The molecule has 0 aromatic heterocycles. The molecule has 0 aliphatic carbocycles. The molecule has 0 bridgehead atoms. The lowest BCUT2D eigenvalue weighted by molar-refractivity contribution is -0.0981. The molecule has 2 fully saturated rings. The van der Waals surface area contributed by atoms with Gasteiger partial charge in [-0.3, -0.25) is 0 Å². The first kappa shape index (κ1) is 9.77. The average Bonchev–Trinajstić information content (AvgIpc) is 2.67. The average molecular weight is 204 g/mol. The summed E-state index contributed by atoms with van der Waals surface area (Å²) in [6.45, 7) is 0.638. The molecule has 0 spiro atoms. The summed E-state index contributed by atoms with van der Waals surface area (Å²) in [6, 6.07) is 0. The van der Waals surface area contributed by atoms with Gasteiger partial charge in [0.2, 0.25) is 0 Å². The van der Waals surface area contributed by atoms with Gasteiger partial charge in [0.05, 0.1) is 13.2 Å². The van der Waals surface area contributed by atoms with E-state index in [1.165, 1.54) is 18.6 Å². The van der Waals surface area contributed by atoms with Gasteiger partial charge >= 0.3 is 0 Å². The molecule has 0 amide bonds. The van der Waals surface area contributed by atoms with Crippen LogP contribution in [0.4, 0.5) is 0 Å². The summed E-state index contributed by atoms with van der Waals surface area (Å²) in [5, 5.41) is 8.87. The van der Waals surface area contributed by atoms with E-state index in [1.807, 2.05) is 11.8 Å². The predicted octanol–water partition coefficient (Wildman–Crippen LogP) is 0.863. The van der Waals surface area contributed by atoms with Crippen molar-refractivity contribution >= 4 is 11.8 Å². The van der Waals surface area contributed by atoms with E-state index in [2.05, 4.69) is 0 Å². The van der Waals surface area contributed by atoms with Crippen molar-refractivity contribution in [3.05, 3.63) is 0 Å². The van der Waals surface area contributed by atoms with Crippen LogP contribution in [0.3, 0.4) is 0 Å². The third-order valence-corrected chi connectivity index (χ3v) is 3.80. The molecule has 3 unspecified atom stereocenters. The van der Waals surface area contributed by atoms with Crippen LogP contribution in [0.25, 0.3) is 0 Å². The second kappa shape index (κ2) is 4.64. The molecule has 3 nitrogen and oxygen atoms in total. The van der Waals surface area contributed by atoms with Crippen molar-refractivity contribution in [2.24, 2.45) is 5.92 Å². The minimum Gasteiger partial charge on any atom is -0.394 e. The highest BCUT2D eigenvalue weighted by molar-refractivity contribution is 7.99. The zero-order chi connectivity index (χ0) is 9.10. The van der Waals surface area contributed by atoms with E-state index in [-0.39, 0.29) is 19.0 Å². The monoisotopic (exact) mass is 204 g/mol. The van der Waals surface area contributed by atoms with E-state index in [0.29, 0.717) is 12.5 Å². The zero-order valence-corrected chi connectivity index (χ0v) is 8.46. The summed E-state index contributed by atoms with van der Waals surface area (Å²) in [6.07, 6.45) is 2.33. The Labute approximate surface area is 82.8 Å². The summed E-state index contributed by atoms with van der Waals surface area (Å²) < 4.78 is 11.1. The summed E-state index contributed by atoms with van der Waals surface area (Å²) in [5.41, 5.74) is 0. The minimum absolute atomic E-state index is 0.0510. The first-order chi connectivity index (χ1) is 6.40. The van der Waals surface area contributed by atoms with E-state index < -0.39 is 0 Å². The van der Waals surface area contributed by atoms with Crippen LogP contribution in [0.5, 0.6) is 0 Å². The molecule has 0 aromatic carbocycles. The van der Waals surface area contributed by atoms with Gasteiger partial charge in [-0.15, -0.1) is 0 Å². The molecule has 76 valence electrons. The molecule has 4 heteroatoms. The van der Waals surface area contributed by atoms with Crippen LogP contribution in [0.2, 0.25) is 0 Å². The highest BCUT2D eigenvalue weighted by atomic mass is 32.2. The standard InChI is InChI=1S/C9H16O3S/c10-4-8-5-11-9(12-8)7-2-1-3-13-6-7/h7-10H,1-6H2. The largest absolute Gasteiger partial charge is 0.394 e. The van der Waals surface area contributed by atoms with Crippen LogP contribution in [0.1, 0.15) is 12.8 Å². The molecule has 2 heterocycles. The summed E-state index contributed by atoms with van der Waals surface area (Å²) >= 11 is 1.98. The van der Waals surface area contributed by atoms with Gasteiger partial charge in [-0.25, -0.2) is 0 Å². The molecular formula is C9H16O3S. The zero-order valence-electron chi connectivity index (χ0n) is 7.65. The predicted molar refractivity (Wildman–Crippen MR) is 51.7 cm³/mol. The van der Waals surface area contributed by atoms with Gasteiger partial charge in [0.25, 0.3) is 0 Å². The van der Waals surface area contributed by atoms with E-state index in [9.17, 15) is 0 Å². The minimum atomic E-state index is -0.0862. The highest BCUT2D eigenvalue weighted by Crippen LogP contribution is 2.30. The smallest absolute Gasteiger partial charge is 0.161 e. The van der Waals surface area contributed by atoms with Crippen molar-refractivity contribution in [1.29, 1.82) is 0 Å². The van der Waals surface area contributed by atoms with Crippen molar-refractivity contribution in [2.45, 2.75) is 25.2 Å². The molecule has 3 atom stereocenters. The number of rotatable bonds is 2. The first-order valence-corrected chi connectivity index (χ1v) is 6.01. The number of thioether (sulfide) groups is 1. The maximum atomic E-state index is 8.87. The Kier molecular flexibility index (Phi) is 3.49. The third kappa shape index (κ3) is 2.37. The molecular weight excluding hydrogens is 188 g/mol. The Morgan fingerprint density at radius 3 is 3.00 bits per heavy atom. The molecule has 0 aromatic rings. The van der Waals surface area contributed by atoms with Crippen molar-refractivity contribution in [1.82, 2.24) is 0 Å². The second-order valence-corrected chi connectivity index (χ2v) is 4.77. The van der Waals surface area contributed by atoms with Crippen molar-refractivity contribution in [2.75, 3.05) is 24.7 Å². The molecule has 2 aliphatic heterocycles. The van der Waals surface area contributed by atoms with Crippen LogP contribution < -0.4 is 0 Å². The van der Waals surface area contributed by atoms with E-state index in [1.54, 1.807) is 0 Å². The fourth-order valence-corrected chi connectivity index (χ4v) is 2.96. The van der Waals surface area contributed by atoms with E-state index in [0.717, 1.165) is 5.75 Å². The summed E-state index contributed by atoms with van der Waals surface area (Å²) in [4.78, 5) is 0. The molecule has 0 saturated carbocycles. The van der Waals surface area contributed by atoms with Crippen LogP contribution in [0, 0.1) is 5.92 Å². The Morgan fingerprint density at radius 1 is 1.46 bits per heavy atom. The molecule has 0 radical (unpaired) electrons. The van der Waals surface area contributed by atoms with E-state index in [4.69, 9.17) is 14.6 Å². The Hall–Kier alpha value is 0.230. The van der Waals surface area contributed by atoms with Crippen LogP contribution in [0.15, 0.2) is 0 Å². The lowest BCUT2D eigenvalue weighted by atomic mass is 10.1. The van der Waals surface area contributed by atoms with Gasteiger partial charge in [-0.05, 0) is 18.6 Å². The quantitative estimate of drug-likeness (QED) is 0.724. The Morgan fingerprint density at radius 2 is 2.38 bits per heavy atom. The molecule has 2 aliphatic rings. The fraction of sp³-hybridized carbons (Fsp3) is 1.00. The Bertz CT molecular complexity index is 159. The Balaban J connectivity index is 1.80. The molecule has 13 heavy (non-hydrogen) atoms. The van der Waals surface area contributed by atoms with Crippen LogP contribution in [-0.2, 0) is 9.47 Å². The normalized spacial score (nSPS) is 40.8. The molecule has 1 N–H and O–H groups in total. The van der Waals surface area contributed by atoms with Crippen LogP contribution in [-0.4, -0.2) is 42.2 Å². The van der Waals surface area contributed by atoms with Crippen molar-refractivity contribution in [3.63, 3.8) is 0 Å². The van der Waals surface area contributed by atoms with Gasteiger partial charge in [-0.1, -0.05) is 0 Å². The SMILES string of the molecule is OCC1COC(C2CCCSC2)O1. The summed E-state index contributed by atoms with van der Waals surface area (Å²) in [7, 11) is 0. The van der Waals surface area contributed by atoms with Gasteiger partial charge in [0.1, 0.15) is 6.10 Å². The van der Waals surface area contributed by atoms with Gasteiger partial charge in [0.15, 0.2) is 6.29 Å². The maximum Gasteiger partial charge on any atom is 0.161 e. The number of ether oxygens (including phenoxy) is 2. The third-order valence-electron chi connectivity index (χ3n) is 2.56. The number of hydrogen-bond donors (Lipinski definition) is 1. The summed E-state index contributed by atoms with van der Waals surface area (Å²) in [5.74, 6) is 2.95. The van der Waals surface area contributed by atoms with Crippen molar-refractivity contribution < 1.29 is 14.6 Å². The van der Waals surface area contributed by atoms with E-state index >= 15 is 0 Å². The molecule has 2 saturated heterocycles. The van der Waals surface area contributed by atoms with Crippen molar-refractivity contribution in [3.8, 4) is 0 Å². The number of aliphatic hydroxyl groups excluding tert-OH is 1. The number of hydrogen-bond acceptors (Lipinski definition) is 4. The fourth-order valence-electron chi connectivity index (χ4n) is 1.79. The van der Waals surface area contributed by atoms with Gasteiger partial charge < -0.3 is 14.6 Å². The first-order valence-electron chi connectivity index (χ1n) is 4.86.